The molecule has 0 unspecified atom stereocenters. The molecule has 0 aromatic heterocycles. The summed E-state index contributed by atoms with van der Waals surface area (Å²) in [5.74, 6) is -1.04. The van der Waals surface area contributed by atoms with Gasteiger partial charge in [-0.15, -0.1) is 0 Å². The van der Waals surface area contributed by atoms with Gasteiger partial charge in [0.05, 0.1) is 18.3 Å². The number of sulfone groups is 1. The van der Waals surface area contributed by atoms with Crippen LogP contribution in [0.3, 0.4) is 0 Å². The van der Waals surface area contributed by atoms with E-state index in [0.717, 1.165) is 22.9 Å². The zero-order chi connectivity index (χ0) is 22.9. The molecule has 168 valence electrons. The Bertz CT molecular complexity index is 917. The van der Waals surface area contributed by atoms with E-state index in [1.54, 1.807) is 13.7 Å². The molecule has 2 N–H and O–H groups in total. The zero-order valence-electron chi connectivity index (χ0n) is 18.5. The maximum absolute atomic E-state index is 12.4. The number of carbonyl (C=O) groups is 1. The van der Waals surface area contributed by atoms with E-state index in [4.69, 9.17) is 4.74 Å². The number of nitrogens with one attached hydrogen (secondary N) is 1. The van der Waals surface area contributed by atoms with Gasteiger partial charge < -0.3 is 15.0 Å². The molecular weight excluding hydrogens is 413 g/mol. The summed E-state index contributed by atoms with van der Waals surface area (Å²) in [6, 6.07) is 18.1. The van der Waals surface area contributed by atoms with Crippen LogP contribution in [0.25, 0.3) is 11.1 Å². The van der Waals surface area contributed by atoms with Gasteiger partial charge in [-0.2, -0.15) is 0 Å². The Balaban J connectivity index is 2.13. The summed E-state index contributed by atoms with van der Waals surface area (Å²) >= 11 is 0. The molecular formula is C23H32BNO5S. The average Bonchev–Trinajstić information content (AvgIpc) is 2.71. The van der Waals surface area contributed by atoms with Crippen LogP contribution in [0.4, 0.5) is 0 Å². The lowest BCUT2D eigenvalue weighted by molar-refractivity contribution is -0.148. The molecule has 31 heavy (non-hydrogen) atoms. The van der Waals surface area contributed by atoms with Gasteiger partial charge in [0, 0.05) is 12.3 Å². The van der Waals surface area contributed by atoms with Crippen molar-refractivity contribution < 1.29 is 23.0 Å². The zero-order valence-corrected chi connectivity index (χ0v) is 19.3. The minimum absolute atomic E-state index is 0.0797. The largest absolute Gasteiger partial charge is 0.466 e. The maximum Gasteiger partial charge on any atom is 0.373 e. The van der Waals surface area contributed by atoms with E-state index < -0.39 is 28.8 Å². The molecule has 0 amide bonds. The predicted molar refractivity (Wildman–Crippen MR) is 125 cm³/mol. The fraction of sp³-hybridized carbons (Fsp3) is 0.435. The summed E-state index contributed by atoms with van der Waals surface area (Å²) in [7, 11) is -3.95. The summed E-state index contributed by atoms with van der Waals surface area (Å²) in [4.78, 5) is 12.4. The Morgan fingerprint density at radius 2 is 1.71 bits per heavy atom. The first-order chi connectivity index (χ1) is 14.7. The molecule has 0 aliphatic carbocycles. The third-order valence-corrected chi connectivity index (χ3v) is 6.02. The number of esters is 1. The van der Waals surface area contributed by atoms with Gasteiger partial charge in [0.1, 0.15) is 9.84 Å². The number of hydrogen-bond acceptors (Lipinski definition) is 6. The Morgan fingerprint density at radius 3 is 2.26 bits per heavy atom. The van der Waals surface area contributed by atoms with E-state index in [2.05, 4.69) is 29.5 Å². The molecule has 0 spiro atoms. The summed E-state index contributed by atoms with van der Waals surface area (Å²) in [5, 5.41) is 13.0. The van der Waals surface area contributed by atoms with E-state index in [-0.39, 0.29) is 24.8 Å². The molecule has 0 aliphatic rings. The molecule has 2 aromatic rings. The summed E-state index contributed by atoms with van der Waals surface area (Å²) in [6.45, 7) is 3.59. The summed E-state index contributed by atoms with van der Waals surface area (Å²) in [6.07, 6.45) is 2.33. The minimum Gasteiger partial charge on any atom is -0.466 e. The van der Waals surface area contributed by atoms with E-state index in [9.17, 15) is 18.2 Å². The van der Waals surface area contributed by atoms with Crippen molar-refractivity contribution in [3.05, 3.63) is 60.2 Å². The third-order valence-electron chi connectivity index (χ3n) is 5.05. The van der Waals surface area contributed by atoms with Crippen LogP contribution >= 0.6 is 0 Å². The molecule has 2 aromatic carbocycles. The molecule has 0 radical (unpaired) electrons. The fourth-order valence-corrected chi connectivity index (χ4v) is 4.30. The van der Waals surface area contributed by atoms with Gasteiger partial charge in [0.2, 0.25) is 0 Å². The summed E-state index contributed by atoms with van der Waals surface area (Å²) in [5.41, 5.74) is 3.31. The first kappa shape index (κ1) is 25.1. The summed E-state index contributed by atoms with van der Waals surface area (Å²) < 4.78 is 28.4. The predicted octanol–water partition coefficient (Wildman–Crippen LogP) is 2.97. The molecule has 2 rings (SSSR count). The number of carbonyl (C=O) groups excluding carboxylic acids is 1. The van der Waals surface area contributed by atoms with Crippen molar-refractivity contribution in [2.24, 2.45) is 5.92 Å². The van der Waals surface area contributed by atoms with Gasteiger partial charge in [0.25, 0.3) is 0 Å². The van der Waals surface area contributed by atoms with Gasteiger partial charge in [0.15, 0.2) is 0 Å². The van der Waals surface area contributed by atoms with Crippen molar-refractivity contribution in [1.29, 1.82) is 0 Å². The van der Waals surface area contributed by atoms with Crippen LogP contribution in [0.15, 0.2) is 54.6 Å². The van der Waals surface area contributed by atoms with Crippen LogP contribution in [0.2, 0.25) is 6.82 Å². The van der Waals surface area contributed by atoms with Crippen molar-refractivity contribution >= 4 is 22.9 Å². The number of ether oxygens (including phenoxy) is 1. The lowest BCUT2D eigenvalue weighted by Gasteiger charge is -2.24. The van der Waals surface area contributed by atoms with Gasteiger partial charge >= 0.3 is 13.0 Å². The highest BCUT2D eigenvalue weighted by Crippen LogP contribution is 2.22. The molecule has 0 saturated heterocycles. The number of benzene rings is 2. The van der Waals surface area contributed by atoms with Crippen LogP contribution in [0, 0.1) is 5.92 Å². The molecule has 8 heteroatoms. The van der Waals surface area contributed by atoms with E-state index in [1.165, 1.54) is 0 Å². The van der Waals surface area contributed by atoms with Crippen LogP contribution in [0.1, 0.15) is 25.3 Å². The first-order valence-electron chi connectivity index (χ1n) is 10.6. The van der Waals surface area contributed by atoms with Gasteiger partial charge in [-0.25, -0.2) is 8.42 Å². The van der Waals surface area contributed by atoms with Crippen molar-refractivity contribution in [3.8, 4) is 11.1 Å². The fourth-order valence-electron chi connectivity index (χ4n) is 3.59. The monoisotopic (exact) mass is 445 g/mol. The minimum atomic E-state index is -3.19. The molecule has 0 saturated carbocycles. The van der Waals surface area contributed by atoms with Crippen LogP contribution in [-0.4, -0.2) is 51.1 Å². The molecule has 0 heterocycles. The highest BCUT2D eigenvalue weighted by molar-refractivity contribution is 7.90. The standard InChI is InChI=1S/C23H32BNO5S/c1-4-30-23(26)21(14-15-31(3,28)29)17-22(25-24(2)27)16-18-10-12-20(13-11-18)19-8-6-5-7-9-19/h5-13,21-22,25,27H,4,14-17H2,1-3H3/t21-,22-/m1/s1. The van der Waals surface area contributed by atoms with E-state index in [1.807, 2.05) is 30.3 Å². The van der Waals surface area contributed by atoms with Crippen molar-refractivity contribution in [1.82, 2.24) is 5.23 Å². The molecule has 0 aliphatic heterocycles. The van der Waals surface area contributed by atoms with Gasteiger partial charge in [-0.05, 0) is 49.7 Å². The first-order valence-corrected chi connectivity index (χ1v) is 12.7. The quantitative estimate of drug-likeness (QED) is 0.386. The Labute approximate surface area is 186 Å². The van der Waals surface area contributed by atoms with Gasteiger partial charge in [-0.3, -0.25) is 4.79 Å². The SMILES string of the molecule is CCOC(=O)[C@H](CCS(C)(=O)=O)C[C@@H](Cc1ccc(-c2ccccc2)cc1)NB(C)O. The lowest BCUT2D eigenvalue weighted by atomic mass is 9.83. The van der Waals surface area contributed by atoms with E-state index >= 15 is 0 Å². The van der Waals surface area contributed by atoms with Gasteiger partial charge in [-0.1, -0.05) is 54.6 Å². The van der Waals surface area contributed by atoms with E-state index in [0.29, 0.717) is 12.8 Å². The molecule has 6 nitrogen and oxygen atoms in total. The Kier molecular flexibility index (Phi) is 9.74. The molecule has 0 fully saturated rings. The molecule has 2 atom stereocenters. The van der Waals surface area contributed by atoms with Crippen molar-refractivity contribution in [3.63, 3.8) is 0 Å². The molecule has 0 bridgehead atoms. The van der Waals surface area contributed by atoms with Crippen molar-refractivity contribution in [2.45, 2.75) is 39.1 Å². The second-order valence-electron chi connectivity index (χ2n) is 7.91. The van der Waals surface area contributed by atoms with Crippen LogP contribution < -0.4 is 5.23 Å². The second kappa shape index (κ2) is 12.0. The van der Waals surface area contributed by atoms with Crippen LogP contribution in [0.5, 0.6) is 0 Å². The number of rotatable bonds is 12. The number of hydrogen-bond donors (Lipinski definition) is 2. The normalized spacial score (nSPS) is 13.4. The second-order valence-corrected chi connectivity index (χ2v) is 10.2. The topological polar surface area (TPSA) is 92.7 Å². The lowest BCUT2D eigenvalue weighted by Crippen LogP contribution is -2.43. The van der Waals surface area contributed by atoms with Crippen LogP contribution in [-0.2, 0) is 25.8 Å². The van der Waals surface area contributed by atoms with Crippen molar-refractivity contribution in [2.75, 3.05) is 18.6 Å². The highest BCUT2D eigenvalue weighted by Gasteiger charge is 2.26. The smallest absolute Gasteiger partial charge is 0.373 e. The average molecular weight is 445 g/mol. The Hall–Kier alpha value is -2.16. The maximum atomic E-state index is 12.4. The highest BCUT2D eigenvalue weighted by atomic mass is 32.2. The third kappa shape index (κ3) is 9.25. The Morgan fingerprint density at radius 1 is 1.10 bits per heavy atom.